The van der Waals surface area contributed by atoms with Crippen molar-refractivity contribution in [2.75, 3.05) is 5.75 Å². The van der Waals surface area contributed by atoms with E-state index in [1.165, 1.54) is 11.8 Å². The summed E-state index contributed by atoms with van der Waals surface area (Å²) in [5.74, 6) is 6.65. The Balaban J connectivity index is 2.66. The average molecular weight is 243 g/mol. The molecule has 0 amide bonds. The fourth-order valence-corrected chi connectivity index (χ4v) is 1.75. The Kier molecular flexibility index (Phi) is 5.33. The molecule has 0 radical (unpaired) electrons. The first kappa shape index (κ1) is 13.4. The topological polar surface area (TPSA) is 40.9 Å². The summed E-state index contributed by atoms with van der Waals surface area (Å²) in [5, 5.41) is 9.06. The van der Waals surface area contributed by atoms with E-state index in [1.807, 2.05) is 25.1 Å². The zero-order valence-electron chi connectivity index (χ0n) is 9.91. The minimum absolute atomic E-state index is 0.111. The molecule has 0 aliphatic heterocycles. The van der Waals surface area contributed by atoms with Gasteiger partial charge in [0.25, 0.3) is 0 Å². The van der Waals surface area contributed by atoms with E-state index in [0.717, 1.165) is 11.1 Å². The van der Waals surface area contributed by atoms with Crippen molar-refractivity contribution in [1.29, 1.82) is 5.26 Å². The number of nitriles is 1. The lowest BCUT2D eigenvalue weighted by Gasteiger charge is -1.96. The standard InChI is InChI=1S/C14H13NOS/c1-11-6-7-13(14(9-11)10-15)5-3-4-8-17-12(2)16/h6-7,9H,4,8H2,1-2H3. The predicted molar refractivity (Wildman–Crippen MR) is 70.5 cm³/mol. The lowest BCUT2D eigenvalue weighted by molar-refractivity contribution is -0.109. The highest BCUT2D eigenvalue weighted by Crippen LogP contribution is 2.09. The molecular weight excluding hydrogens is 230 g/mol. The quantitative estimate of drug-likeness (QED) is 0.592. The van der Waals surface area contributed by atoms with E-state index in [1.54, 1.807) is 6.92 Å². The van der Waals surface area contributed by atoms with Crippen molar-refractivity contribution in [3.05, 3.63) is 34.9 Å². The summed E-state index contributed by atoms with van der Waals surface area (Å²) >= 11 is 1.27. The SMILES string of the molecule is CC(=O)SCCC#Cc1ccc(C)cc1C#N. The van der Waals surface area contributed by atoms with Gasteiger partial charge >= 0.3 is 0 Å². The summed E-state index contributed by atoms with van der Waals surface area (Å²) in [5.41, 5.74) is 2.42. The van der Waals surface area contributed by atoms with Crippen molar-refractivity contribution in [3.63, 3.8) is 0 Å². The van der Waals surface area contributed by atoms with Gasteiger partial charge in [-0.15, -0.1) is 0 Å². The zero-order chi connectivity index (χ0) is 12.7. The van der Waals surface area contributed by atoms with Gasteiger partial charge in [0, 0.05) is 24.7 Å². The Hall–Kier alpha value is -1.71. The molecule has 1 rings (SSSR count). The molecule has 0 unspecified atom stereocenters. The summed E-state index contributed by atoms with van der Waals surface area (Å²) in [6.45, 7) is 3.49. The number of benzene rings is 1. The van der Waals surface area contributed by atoms with E-state index >= 15 is 0 Å². The second-order valence-electron chi connectivity index (χ2n) is 3.55. The van der Waals surface area contributed by atoms with Gasteiger partial charge in [-0.3, -0.25) is 4.79 Å². The largest absolute Gasteiger partial charge is 0.288 e. The summed E-state index contributed by atoms with van der Waals surface area (Å²) in [6, 6.07) is 7.76. The number of aryl methyl sites for hydroxylation is 1. The summed E-state index contributed by atoms with van der Waals surface area (Å²) in [6.07, 6.45) is 0.656. The summed E-state index contributed by atoms with van der Waals surface area (Å²) in [4.78, 5) is 10.7. The molecule has 0 saturated heterocycles. The van der Waals surface area contributed by atoms with Gasteiger partial charge in [-0.2, -0.15) is 5.26 Å². The fourth-order valence-electron chi connectivity index (χ4n) is 1.26. The molecule has 2 nitrogen and oxygen atoms in total. The monoisotopic (exact) mass is 243 g/mol. The second-order valence-corrected chi connectivity index (χ2v) is 4.82. The Morgan fingerprint density at radius 3 is 2.82 bits per heavy atom. The first-order valence-electron chi connectivity index (χ1n) is 5.26. The van der Waals surface area contributed by atoms with Crippen LogP contribution >= 0.6 is 11.8 Å². The van der Waals surface area contributed by atoms with E-state index in [0.29, 0.717) is 17.7 Å². The van der Waals surface area contributed by atoms with Gasteiger partial charge in [-0.1, -0.05) is 29.7 Å². The Morgan fingerprint density at radius 2 is 2.18 bits per heavy atom. The molecule has 0 bridgehead atoms. The number of thioether (sulfide) groups is 1. The smallest absolute Gasteiger partial charge is 0.185 e. The van der Waals surface area contributed by atoms with Crippen LogP contribution in [0.1, 0.15) is 30.0 Å². The summed E-state index contributed by atoms with van der Waals surface area (Å²) in [7, 11) is 0. The van der Waals surface area contributed by atoms with E-state index in [9.17, 15) is 4.79 Å². The minimum Gasteiger partial charge on any atom is -0.288 e. The van der Waals surface area contributed by atoms with Crippen molar-refractivity contribution in [3.8, 4) is 17.9 Å². The number of rotatable bonds is 2. The average Bonchev–Trinajstić information content (AvgIpc) is 2.29. The van der Waals surface area contributed by atoms with Crippen LogP contribution in [0.2, 0.25) is 0 Å². The first-order chi connectivity index (χ1) is 8.13. The molecule has 86 valence electrons. The van der Waals surface area contributed by atoms with E-state index in [-0.39, 0.29) is 5.12 Å². The Labute approximate surface area is 106 Å². The molecule has 17 heavy (non-hydrogen) atoms. The molecule has 0 aliphatic rings. The third-order valence-electron chi connectivity index (χ3n) is 2.05. The fraction of sp³-hybridized carbons (Fsp3) is 0.286. The van der Waals surface area contributed by atoms with E-state index in [4.69, 9.17) is 5.26 Å². The van der Waals surface area contributed by atoms with Gasteiger partial charge < -0.3 is 0 Å². The third-order valence-corrected chi connectivity index (χ3v) is 2.87. The minimum atomic E-state index is 0.111. The van der Waals surface area contributed by atoms with Crippen molar-refractivity contribution in [2.45, 2.75) is 20.3 Å². The van der Waals surface area contributed by atoms with Crippen molar-refractivity contribution in [1.82, 2.24) is 0 Å². The molecule has 0 heterocycles. The molecule has 0 aromatic heterocycles. The zero-order valence-corrected chi connectivity index (χ0v) is 10.7. The predicted octanol–water partition coefficient (Wildman–Crippen LogP) is 2.89. The molecule has 0 aliphatic carbocycles. The molecule has 3 heteroatoms. The van der Waals surface area contributed by atoms with Crippen LogP contribution in [0.3, 0.4) is 0 Å². The number of carbonyl (C=O) groups is 1. The Bertz CT molecular complexity index is 517. The molecule has 1 aromatic carbocycles. The van der Waals surface area contributed by atoms with Crippen LogP contribution in [-0.2, 0) is 4.79 Å². The number of hydrogen-bond acceptors (Lipinski definition) is 3. The van der Waals surface area contributed by atoms with Gasteiger partial charge in [0.15, 0.2) is 5.12 Å². The van der Waals surface area contributed by atoms with Gasteiger partial charge in [0.05, 0.1) is 5.56 Å². The summed E-state index contributed by atoms with van der Waals surface area (Å²) < 4.78 is 0. The highest BCUT2D eigenvalue weighted by Gasteiger charge is 1.98. The van der Waals surface area contributed by atoms with Crippen LogP contribution in [0.5, 0.6) is 0 Å². The number of carbonyl (C=O) groups excluding carboxylic acids is 1. The Morgan fingerprint density at radius 1 is 1.41 bits per heavy atom. The number of hydrogen-bond donors (Lipinski definition) is 0. The van der Waals surface area contributed by atoms with E-state index < -0.39 is 0 Å². The highest BCUT2D eigenvalue weighted by molar-refractivity contribution is 8.13. The van der Waals surface area contributed by atoms with Gasteiger partial charge in [0.2, 0.25) is 0 Å². The van der Waals surface area contributed by atoms with Crippen molar-refractivity contribution >= 4 is 16.9 Å². The molecule has 0 saturated carbocycles. The molecular formula is C14H13NOS. The first-order valence-corrected chi connectivity index (χ1v) is 6.25. The van der Waals surface area contributed by atoms with Crippen LogP contribution in [0.4, 0.5) is 0 Å². The maximum atomic E-state index is 10.7. The van der Waals surface area contributed by atoms with Gasteiger partial charge in [-0.25, -0.2) is 0 Å². The van der Waals surface area contributed by atoms with Crippen molar-refractivity contribution < 1.29 is 4.79 Å². The maximum absolute atomic E-state index is 10.7. The second kappa shape index (κ2) is 6.78. The van der Waals surface area contributed by atoms with Crippen LogP contribution in [-0.4, -0.2) is 10.9 Å². The van der Waals surface area contributed by atoms with Crippen LogP contribution in [0.15, 0.2) is 18.2 Å². The van der Waals surface area contributed by atoms with Gasteiger partial charge in [0.1, 0.15) is 6.07 Å². The van der Waals surface area contributed by atoms with E-state index in [2.05, 4.69) is 17.9 Å². The molecule has 0 fully saturated rings. The molecule has 0 atom stereocenters. The molecule has 1 aromatic rings. The van der Waals surface area contributed by atoms with Crippen LogP contribution < -0.4 is 0 Å². The third kappa shape index (κ3) is 4.76. The van der Waals surface area contributed by atoms with Crippen molar-refractivity contribution in [2.24, 2.45) is 0 Å². The highest BCUT2D eigenvalue weighted by atomic mass is 32.2. The number of nitrogens with zero attached hydrogens (tertiary/aromatic N) is 1. The maximum Gasteiger partial charge on any atom is 0.185 e. The van der Waals surface area contributed by atoms with Crippen LogP contribution in [0, 0.1) is 30.1 Å². The van der Waals surface area contributed by atoms with Crippen LogP contribution in [0.25, 0.3) is 0 Å². The lowest BCUT2D eigenvalue weighted by Crippen LogP contribution is -1.86. The normalized spacial score (nSPS) is 9.00. The lowest BCUT2D eigenvalue weighted by atomic mass is 10.1. The molecule has 0 N–H and O–H groups in total. The van der Waals surface area contributed by atoms with Gasteiger partial charge in [-0.05, 0) is 24.6 Å². The molecule has 0 spiro atoms.